The van der Waals surface area contributed by atoms with E-state index < -0.39 is 21.5 Å². The second-order valence-electron chi connectivity index (χ2n) is 3.51. The van der Waals surface area contributed by atoms with Crippen molar-refractivity contribution in [2.75, 3.05) is 33.5 Å². The van der Waals surface area contributed by atoms with E-state index in [1.165, 1.54) is 7.11 Å². The zero-order chi connectivity index (χ0) is 10.9. The summed E-state index contributed by atoms with van der Waals surface area (Å²) in [6.07, 6.45) is 0. The van der Waals surface area contributed by atoms with E-state index in [0.717, 1.165) is 0 Å². The average molecular weight is 258 g/mol. The van der Waals surface area contributed by atoms with Gasteiger partial charge in [0.15, 0.2) is 0 Å². The van der Waals surface area contributed by atoms with Gasteiger partial charge < -0.3 is 9.05 Å². The molecule has 0 spiro atoms. The summed E-state index contributed by atoms with van der Waals surface area (Å²) in [5.74, 6) is 0. The Bertz CT molecular complexity index is 285. The SMILES string of the molecule is CO[PH](=O)OCC12COP(=O)(OC1)OC2. The number of phosphoric ester groups is 1. The second-order valence-corrected chi connectivity index (χ2v) is 6.38. The van der Waals surface area contributed by atoms with Crippen LogP contribution in [0, 0.1) is 5.41 Å². The smallest absolute Gasteiger partial charge is 0.314 e. The fourth-order valence-electron chi connectivity index (χ4n) is 1.28. The third-order valence-electron chi connectivity index (χ3n) is 2.25. The highest BCUT2D eigenvalue weighted by Gasteiger charge is 2.50. The molecule has 0 N–H and O–H groups in total. The van der Waals surface area contributed by atoms with Crippen LogP contribution in [0.25, 0.3) is 0 Å². The van der Waals surface area contributed by atoms with E-state index >= 15 is 0 Å². The standard InChI is InChI=1S/C6H12O7P2/c1-9-14(7)10-2-6-3-11-15(8,12-4-6)13-5-6/h14H,2-5H2,1H3. The van der Waals surface area contributed by atoms with Crippen molar-refractivity contribution in [1.29, 1.82) is 0 Å². The summed E-state index contributed by atoms with van der Waals surface area (Å²) in [4.78, 5) is 0. The minimum absolute atomic E-state index is 0.138. The zero-order valence-electron chi connectivity index (χ0n) is 8.13. The van der Waals surface area contributed by atoms with Crippen molar-refractivity contribution in [3.63, 3.8) is 0 Å². The molecule has 3 heterocycles. The summed E-state index contributed by atoms with van der Waals surface area (Å²) in [5.41, 5.74) is -0.523. The Balaban J connectivity index is 1.92. The monoisotopic (exact) mass is 258 g/mol. The van der Waals surface area contributed by atoms with Crippen LogP contribution >= 0.6 is 16.1 Å². The number of rotatable bonds is 4. The van der Waals surface area contributed by atoms with Crippen LogP contribution in [0.1, 0.15) is 0 Å². The van der Waals surface area contributed by atoms with Crippen molar-refractivity contribution in [3.8, 4) is 0 Å². The van der Waals surface area contributed by atoms with Gasteiger partial charge in [0.1, 0.15) is 0 Å². The van der Waals surface area contributed by atoms with Gasteiger partial charge in [0.05, 0.1) is 31.8 Å². The first-order valence-electron chi connectivity index (χ1n) is 4.32. The van der Waals surface area contributed by atoms with E-state index in [1.54, 1.807) is 0 Å². The summed E-state index contributed by atoms with van der Waals surface area (Å²) in [6, 6.07) is 0. The lowest BCUT2D eigenvalue weighted by Gasteiger charge is -2.43. The highest BCUT2D eigenvalue weighted by molar-refractivity contribution is 7.48. The van der Waals surface area contributed by atoms with Gasteiger partial charge in [-0.1, -0.05) is 0 Å². The lowest BCUT2D eigenvalue weighted by atomic mass is 9.93. The first-order valence-corrected chi connectivity index (χ1v) is 7.01. The fourth-order valence-corrected chi connectivity index (χ4v) is 3.34. The van der Waals surface area contributed by atoms with E-state index in [4.69, 9.17) is 18.1 Å². The fraction of sp³-hybridized carbons (Fsp3) is 1.00. The van der Waals surface area contributed by atoms with Crippen molar-refractivity contribution in [3.05, 3.63) is 0 Å². The summed E-state index contributed by atoms with van der Waals surface area (Å²) >= 11 is 0. The van der Waals surface area contributed by atoms with Crippen LogP contribution in [0.2, 0.25) is 0 Å². The zero-order valence-corrected chi connectivity index (χ0v) is 10.0. The van der Waals surface area contributed by atoms with Crippen LogP contribution < -0.4 is 0 Å². The quantitative estimate of drug-likeness (QED) is 0.701. The maximum Gasteiger partial charge on any atom is 0.474 e. The van der Waals surface area contributed by atoms with Gasteiger partial charge in [-0.2, -0.15) is 0 Å². The lowest BCUT2D eigenvalue weighted by molar-refractivity contribution is -0.110. The Morgan fingerprint density at radius 3 is 2.33 bits per heavy atom. The first kappa shape index (κ1) is 11.7. The summed E-state index contributed by atoms with van der Waals surface area (Å²) in [7, 11) is -4.44. The molecule has 0 aromatic heterocycles. The van der Waals surface area contributed by atoms with Crippen LogP contribution in [0.5, 0.6) is 0 Å². The van der Waals surface area contributed by atoms with E-state index in [9.17, 15) is 9.13 Å². The topological polar surface area (TPSA) is 80.3 Å². The molecule has 0 aromatic rings. The maximum absolute atomic E-state index is 11.4. The van der Waals surface area contributed by atoms with Crippen LogP contribution in [0.4, 0.5) is 0 Å². The molecule has 1 atom stereocenters. The Labute approximate surface area is 87.5 Å². The molecule has 3 aliphatic rings. The molecule has 0 aliphatic carbocycles. The maximum atomic E-state index is 11.4. The Morgan fingerprint density at radius 2 is 1.87 bits per heavy atom. The highest BCUT2D eigenvalue weighted by Crippen LogP contribution is 2.60. The molecule has 7 nitrogen and oxygen atoms in total. The van der Waals surface area contributed by atoms with Gasteiger partial charge >= 0.3 is 16.1 Å². The van der Waals surface area contributed by atoms with Crippen molar-refractivity contribution < 1.29 is 31.7 Å². The summed E-state index contributed by atoms with van der Waals surface area (Å²) in [5, 5.41) is 0. The van der Waals surface area contributed by atoms with Gasteiger partial charge in [0.2, 0.25) is 0 Å². The van der Waals surface area contributed by atoms with E-state index in [0.29, 0.717) is 0 Å². The number of phosphoric acid groups is 1. The van der Waals surface area contributed by atoms with Gasteiger partial charge in [-0.05, 0) is 0 Å². The Hall–Kier alpha value is 0.260. The second kappa shape index (κ2) is 4.26. The molecule has 9 heteroatoms. The van der Waals surface area contributed by atoms with Gasteiger partial charge in [-0.3, -0.25) is 18.1 Å². The lowest BCUT2D eigenvalue weighted by Crippen LogP contribution is -2.47. The van der Waals surface area contributed by atoms with Crippen LogP contribution in [-0.4, -0.2) is 33.5 Å². The number of fused-ring (bicyclic) bond motifs is 3. The molecule has 3 fully saturated rings. The molecule has 1 unspecified atom stereocenters. The van der Waals surface area contributed by atoms with Gasteiger partial charge in [0.25, 0.3) is 0 Å². The number of hydrogen-bond acceptors (Lipinski definition) is 7. The van der Waals surface area contributed by atoms with E-state index in [-0.39, 0.29) is 26.4 Å². The number of hydrogen-bond donors (Lipinski definition) is 0. The molecular formula is C6H12O7P2. The van der Waals surface area contributed by atoms with Crippen molar-refractivity contribution in [2.24, 2.45) is 5.41 Å². The summed E-state index contributed by atoms with van der Waals surface area (Å²) < 4.78 is 46.6. The molecule has 3 saturated heterocycles. The van der Waals surface area contributed by atoms with E-state index in [1.807, 2.05) is 0 Å². The molecule has 0 radical (unpaired) electrons. The molecule has 3 aliphatic heterocycles. The van der Waals surface area contributed by atoms with Crippen LogP contribution in [0.3, 0.4) is 0 Å². The third kappa shape index (κ3) is 2.50. The normalized spacial score (nSPS) is 41.7. The van der Waals surface area contributed by atoms with Crippen LogP contribution in [-0.2, 0) is 31.7 Å². The Morgan fingerprint density at radius 1 is 1.33 bits per heavy atom. The molecule has 0 amide bonds. The van der Waals surface area contributed by atoms with Gasteiger partial charge in [0, 0.05) is 7.11 Å². The Kier molecular flexibility index (Phi) is 3.33. The molecule has 2 bridgehead atoms. The predicted molar refractivity (Wildman–Crippen MR) is 49.9 cm³/mol. The predicted octanol–water partition coefficient (Wildman–Crippen LogP) is 1.21. The highest BCUT2D eigenvalue weighted by atomic mass is 31.2. The molecular weight excluding hydrogens is 246 g/mol. The van der Waals surface area contributed by atoms with Crippen LogP contribution in [0.15, 0.2) is 0 Å². The molecule has 88 valence electrons. The average Bonchev–Trinajstić information content (AvgIpc) is 2.28. The van der Waals surface area contributed by atoms with Crippen molar-refractivity contribution in [1.82, 2.24) is 0 Å². The molecule has 3 rings (SSSR count). The third-order valence-corrected chi connectivity index (χ3v) is 4.30. The minimum atomic E-state index is -3.28. The molecule has 15 heavy (non-hydrogen) atoms. The largest absolute Gasteiger partial charge is 0.474 e. The van der Waals surface area contributed by atoms with Crippen molar-refractivity contribution in [2.45, 2.75) is 0 Å². The first-order chi connectivity index (χ1) is 7.08. The van der Waals surface area contributed by atoms with Gasteiger partial charge in [-0.15, -0.1) is 0 Å². The summed E-state index contributed by atoms with van der Waals surface area (Å²) in [6.45, 7) is 0.814. The van der Waals surface area contributed by atoms with Gasteiger partial charge in [-0.25, -0.2) is 4.57 Å². The van der Waals surface area contributed by atoms with Crippen molar-refractivity contribution >= 4 is 16.1 Å². The van der Waals surface area contributed by atoms with E-state index in [2.05, 4.69) is 4.52 Å². The molecule has 0 aromatic carbocycles. The minimum Gasteiger partial charge on any atom is -0.314 e. The molecule has 0 saturated carbocycles.